The Bertz CT molecular complexity index is 453. The van der Waals surface area contributed by atoms with E-state index in [2.05, 4.69) is 57.2 Å². The minimum Gasteiger partial charge on any atom is -0.0683 e. The predicted octanol–water partition coefficient (Wildman–Crippen LogP) is 5.30. The maximum Gasteiger partial charge on any atom is -0.0147 e. The SMILES string of the molecule is CC.Cc1ccc2ccccc2c1C(C)C. The van der Waals surface area contributed by atoms with Gasteiger partial charge in [-0.05, 0) is 34.7 Å². The average Bonchev–Trinajstić information content (AvgIpc) is 2.31. The molecule has 0 amide bonds. The number of benzene rings is 2. The lowest BCUT2D eigenvalue weighted by Crippen LogP contribution is -1.93. The molecule has 0 bridgehead atoms. The van der Waals surface area contributed by atoms with Crippen LogP contribution in [0, 0.1) is 6.92 Å². The van der Waals surface area contributed by atoms with Crippen molar-refractivity contribution in [3.05, 3.63) is 47.5 Å². The van der Waals surface area contributed by atoms with E-state index in [-0.39, 0.29) is 0 Å². The Morgan fingerprint density at radius 1 is 0.875 bits per heavy atom. The van der Waals surface area contributed by atoms with Crippen molar-refractivity contribution in [1.82, 2.24) is 0 Å². The summed E-state index contributed by atoms with van der Waals surface area (Å²) in [6, 6.07) is 13.0. The highest BCUT2D eigenvalue weighted by Crippen LogP contribution is 2.28. The maximum atomic E-state index is 2.26. The zero-order valence-electron chi connectivity index (χ0n) is 11.0. The van der Waals surface area contributed by atoms with Crippen LogP contribution in [-0.2, 0) is 0 Å². The second-order valence-electron chi connectivity index (χ2n) is 4.17. The van der Waals surface area contributed by atoms with Gasteiger partial charge in [0.05, 0.1) is 0 Å². The first-order valence-corrected chi connectivity index (χ1v) is 6.18. The molecule has 0 nitrogen and oxygen atoms in total. The summed E-state index contributed by atoms with van der Waals surface area (Å²) < 4.78 is 0. The molecule has 2 rings (SSSR count). The van der Waals surface area contributed by atoms with Gasteiger partial charge < -0.3 is 0 Å². The molecule has 0 heteroatoms. The van der Waals surface area contributed by atoms with Crippen LogP contribution in [0.1, 0.15) is 44.7 Å². The van der Waals surface area contributed by atoms with Crippen molar-refractivity contribution in [2.24, 2.45) is 0 Å². The second kappa shape index (κ2) is 5.69. The smallest absolute Gasteiger partial charge is 0.0147 e. The standard InChI is InChI=1S/C14H16.C2H6/c1-10(2)14-11(3)8-9-12-6-4-5-7-13(12)14;1-2/h4-10H,1-3H3;1-2H3. The van der Waals surface area contributed by atoms with Gasteiger partial charge >= 0.3 is 0 Å². The lowest BCUT2D eigenvalue weighted by Gasteiger charge is -2.13. The fourth-order valence-electron chi connectivity index (χ4n) is 2.17. The van der Waals surface area contributed by atoms with Crippen molar-refractivity contribution in [1.29, 1.82) is 0 Å². The first kappa shape index (κ1) is 12.8. The van der Waals surface area contributed by atoms with Crippen molar-refractivity contribution in [2.75, 3.05) is 0 Å². The molecule has 86 valence electrons. The van der Waals surface area contributed by atoms with Crippen LogP contribution < -0.4 is 0 Å². The summed E-state index contributed by atoms with van der Waals surface area (Å²) in [5.41, 5.74) is 2.89. The summed E-state index contributed by atoms with van der Waals surface area (Å²) in [5.74, 6) is 0.598. The highest BCUT2D eigenvalue weighted by molar-refractivity contribution is 5.87. The molecule has 0 radical (unpaired) electrons. The van der Waals surface area contributed by atoms with Crippen molar-refractivity contribution >= 4 is 10.8 Å². The Kier molecular flexibility index (Phi) is 4.54. The van der Waals surface area contributed by atoms with Crippen LogP contribution >= 0.6 is 0 Å². The summed E-state index contributed by atoms with van der Waals surface area (Å²) in [7, 11) is 0. The Morgan fingerprint density at radius 2 is 1.50 bits per heavy atom. The summed E-state index contributed by atoms with van der Waals surface area (Å²) in [5, 5.41) is 2.75. The van der Waals surface area contributed by atoms with Gasteiger partial charge in [-0.15, -0.1) is 0 Å². The normalized spacial score (nSPS) is 10.1. The Hall–Kier alpha value is -1.30. The molecule has 0 spiro atoms. The minimum atomic E-state index is 0.598. The monoisotopic (exact) mass is 214 g/mol. The Balaban J connectivity index is 0.000000606. The summed E-state index contributed by atoms with van der Waals surface area (Å²) in [6.07, 6.45) is 0. The maximum absolute atomic E-state index is 2.26. The van der Waals surface area contributed by atoms with E-state index in [4.69, 9.17) is 0 Å². The lowest BCUT2D eigenvalue weighted by molar-refractivity contribution is 0.867. The average molecular weight is 214 g/mol. The predicted molar refractivity (Wildman–Crippen MR) is 74.1 cm³/mol. The quantitative estimate of drug-likeness (QED) is 0.604. The number of hydrogen-bond acceptors (Lipinski definition) is 0. The number of fused-ring (bicyclic) bond motifs is 1. The Labute approximate surface area is 99.3 Å². The first-order chi connectivity index (χ1) is 7.70. The van der Waals surface area contributed by atoms with Gasteiger partial charge in [0, 0.05) is 0 Å². The molecular formula is C16H22. The molecule has 0 aliphatic carbocycles. The molecule has 0 saturated carbocycles. The van der Waals surface area contributed by atoms with Crippen molar-refractivity contribution in [3.63, 3.8) is 0 Å². The van der Waals surface area contributed by atoms with Crippen LogP contribution in [0.2, 0.25) is 0 Å². The molecule has 0 unspecified atom stereocenters. The molecule has 0 aromatic heterocycles. The minimum absolute atomic E-state index is 0.598. The van der Waals surface area contributed by atoms with E-state index in [0.717, 1.165) is 0 Å². The zero-order valence-corrected chi connectivity index (χ0v) is 11.0. The van der Waals surface area contributed by atoms with Crippen LogP contribution in [-0.4, -0.2) is 0 Å². The third-order valence-corrected chi connectivity index (χ3v) is 2.77. The number of hydrogen-bond donors (Lipinski definition) is 0. The van der Waals surface area contributed by atoms with Crippen LogP contribution in [0.4, 0.5) is 0 Å². The van der Waals surface area contributed by atoms with Gasteiger partial charge in [0.15, 0.2) is 0 Å². The highest BCUT2D eigenvalue weighted by Gasteiger charge is 2.07. The van der Waals surface area contributed by atoms with E-state index in [0.29, 0.717) is 5.92 Å². The van der Waals surface area contributed by atoms with Gasteiger partial charge in [0.25, 0.3) is 0 Å². The van der Waals surface area contributed by atoms with E-state index in [9.17, 15) is 0 Å². The molecule has 2 aromatic carbocycles. The van der Waals surface area contributed by atoms with Crippen molar-refractivity contribution < 1.29 is 0 Å². The third kappa shape index (κ3) is 2.44. The van der Waals surface area contributed by atoms with Crippen LogP contribution in [0.5, 0.6) is 0 Å². The molecule has 16 heavy (non-hydrogen) atoms. The molecule has 0 aliphatic rings. The van der Waals surface area contributed by atoms with E-state index >= 15 is 0 Å². The molecule has 0 fully saturated rings. The topological polar surface area (TPSA) is 0 Å². The molecule has 0 atom stereocenters. The van der Waals surface area contributed by atoms with E-state index < -0.39 is 0 Å². The molecule has 0 aliphatic heterocycles. The van der Waals surface area contributed by atoms with Gasteiger partial charge in [0.2, 0.25) is 0 Å². The van der Waals surface area contributed by atoms with Gasteiger partial charge in [0.1, 0.15) is 0 Å². The van der Waals surface area contributed by atoms with Crippen LogP contribution in [0.3, 0.4) is 0 Å². The van der Waals surface area contributed by atoms with Gasteiger partial charge in [-0.3, -0.25) is 0 Å². The van der Waals surface area contributed by atoms with Crippen molar-refractivity contribution in [2.45, 2.75) is 40.5 Å². The molecule has 0 saturated heterocycles. The molecule has 0 heterocycles. The Morgan fingerprint density at radius 3 is 2.12 bits per heavy atom. The fourth-order valence-corrected chi connectivity index (χ4v) is 2.17. The fraction of sp³-hybridized carbons (Fsp3) is 0.375. The van der Waals surface area contributed by atoms with E-state index in [1.165, 1.54) is 21.9 Å². The van der Waals surface area contributed by atoms with Crippen LogP contribution in [0.15, 0.2) is 36.4 Å². The van der Waals surface area contributed by atoms with Crippen molar-refractivity contribution in [3.8, 4) is 0 Å². The largest absolute Gasteiger partial charge is 0.0683 e. The molecular weight excluding hydrogens is 192 g/mol. The van der Waals surface area contributed by atoms with E-state index in [1.54, 1.807) is 0 Å². The van der Waals surface area contributed by atoms with Crippen LogP contribution in [0.25, 0.3) is 10.8 Å². The van der Waals surface area contributed by atoms with Gasteiger partial charge in [-0.2, -0.15) is 0 Å². The highest BCUT2D eigenvalue weighted by atomic mass is 14.1. The summed E-state index contributed by atoms with van der Waals surface area (Å²) in [6.45, 7) is 10.7. The van der Waals surface area contributed by atoms with Gasteiger partial charge in [-0.25, -0.2) is 0 Å². The zero-order chi connectivity index (χ0) is 12.1. The van der Waals surface area contributed by atoms with E-state index in [1.807, 2.05) is 13.8 Å². The summed E-state index contributed by atoms with van der Waals surface area (Å²) in [4.78, 5) is 0. The van der Waals surface area contributed by atoms with Gasteiger partial charge in [-0.1, -0.05) is 64.1 Å². The number of aryl methyl sites for hydroxylation is 1. The molecule has 2 aromatic rings. The summed E-state index contributed by atoms with van der Waals surface area (Å²) >= 11 is 0. The number of rotatable bonds is 1. The third-order valence-electron chi connectivity index (χ3n) is 2.77. The second-order valence-corrected chi connectivity index (χ2v) is 4.17. The first-order valence-electron chi connectivity index (χ1n) is 6.18. The molecule has 0 N–H and O–H groups in total. The lowest BCUT2D eigenvalue weighted by atomic mass is 9.92.